The minimum atomic E-state index is -0.593. The van der Waals surface area contributed by atoms with Crippen molar-refractivity contribution in [2.75, 3.05) is 17.2 Å². The van der Waals surface area contributed by atoms with Crippen LogP contribution in [-0.4, -0.2) is 30.2 Å². The summed E-state index contributed by atoms with van der Waals surface area (Å²) in [5.74, 6) is 1.25. The van der Waals surface area contributed by atoms with E-state index in [0.717, 1.165) is 17.7 Å². The zero-order chi connectivity index (χ0) is 18.1. The quantitative estimate of drug-likeness (QED) is 0.904. The summed E-state index contributed by atoms with van der Waals surface area (Å²) in [5.41, 5.74) is 1.80. The standard InChI is InChI=1S/C20H20N2O3S/c1-13-20(24)22(16-7-3-4-8-17(16)25-13)12-19(23)21-15-10-11-26-18-9-5-2-6-14(15)18/h2-9,13,15H,10-12H2,1H3,(H,21,23). The van der Waals surface area contributed by atoms with E-state index in [1.165, 1.54) is 9.80 Å². The van der Waals surface area contributed by atoms with Crippen LogP contribution in [-0.2, 0) is 9.59 Å². The van der Waals surface area contributed by atoms with Crippen molar-refractivity contribution in [3.63, 3.8) is 0 Å². The lowest BCUT2D eigenvalue weighted by Crippen LogP contribution is -2.49. The van der Waals surface area contributed by atoms with Crippen LogP contribution in [0.2, 0.25) is 0 Å². The molecule has 0 saturated carbocycles. The van der Waals surface area contributed by atoms with Crippen LogP contribution in [0.4, 0.5) is 5.69 Å². The molecule has 0 spiro atoms. The fraction of sp³-hybridized carbons (Fsp3) is 0.300. The smallest absolute Gasteiger partial charge is 0.268 e. The molecular formula is C20H20N2O3S. The Morgan fingerprint density at radius 1 is 1.23 bits per heavy atom. The number of anilines is 1. The highest BCUT2D eigenvalue weighted by Crippen LogP contribution is 2.36. The number of thioether (sulfide) groups is 1. The Bertz CT molecular complexity index is 854. The molecule has 0 aliphatic carbocycles. The number of hydrogen-bond donors (Lipinski definition) is 1. The molecule has 2 atom stereocenters. The van der Waals surface area contributed by atoms with E-state index in [9.17, 15) is 9.59 Å². The molecule has 0 bridgehead atoms. The number of benzene rings is 2. The molecule has 4 rings (SSSR count). The first kappa shape index (κ1) is 17.0. The number of carbonyl (C=O) groups excluding carboxylic acids is 2. The van der Waals surface area contributed by atoms with Gasteiger partial charge in [-0.1, -0.05) is 30.3 Å². The topological polar surface area (TPSA) is 58.6 Å². The van der Waals surface area contributed by atoms with Crippen molar-refractivity contribution in [1.82, 2.24) is 5.32 Å². The second-order valence-electron chi connectivity index (χ2n) is 6.45. The van der Waals surface area contributed by atoms with Gasteiger partial charge in [0.05, 0.1) is 11.7 Å². The number of ether oxygens (including phenoxy) is 1. The summed E-state index contributed by atoms with van der Waals surface area (Å²) in [7, 11) is 0. The van der Waals surface area contributed by atoms with Gasteiger partial charge in [-0.15, -0.1) is 11.8 Å². The molecular weight excluding hydrogens is 348 g/mol. The molecule has 5 nitrogen and oxygen atoms in total. The van der Waals surface area contributed by atoms with Crippen molar-refractivity contribution in [3.05, 3.63) is 54.1 Å². The predicted octanol–water partition coefficient (Wildman–Crippen LogP) is 3.15. The van der Waals surface area contributed by atoms with Crippen LogP contribution in [0.3, 0.4) is 0 Å². The summed E-state index contributed by atoms with van der Waals surface area (Å²) < 4.78 is 5.63. The van der Waals surface area contributed by atoms with E-state index in [-0.39, 0.29) is 24.4 Å². The molecule has 2 amide bonds. The Balaban J connectivity index is 1.51. The summed E-state index contributed by atoms with van der Waals surface area (Å²) in [6.07, 6.45) is 0.293. The molecule has 26 heavy (non-hydrogen) atoms. The normalized spacial score (nSPS) is 21.4. The molecule has 2 aromatic rings. The maximum atomic E-state index is 12.7. The van der Waals surface area contributed by atoms with Gasteiger partial charge in [-0.25, -0.2) is 0 Å². The number of nitrogens with one attached hydrogen (secondary N) is 1. The van der Waals surface area contributed by atoms with Gasteiger partial charge in [0, 0.05) is 10.6 Å². The first-order valence-electron chi connectivity index (χ1n) is 8.71. The van der Waals surface area contributed by atoms with Gasteiger partial charge >= 0.3 is 0 Å². The molecule has 6 heteroatoms. The van der Waals surface area contributed by atoms with E-state index in [4.69, 9.17) is 4.74 Å². The zero-order valence-corrected chi connectivity index (χ0v) is 15.3. The first-order valence-corrected chi connectivity index (χ1v) is 9.70. The van der Waals surface area contributed by atoms with Crippen LogP contribution in [0.25, 0.3) is 0 Å². The molecule has 2 aliphatic rings. The van der Waals surface area contributed by atoms with Gasteiger partial charge in [-0.3, -0.25) is 14.5 Å². The van der Waals surface area contributed by atoms with Crippen molar-refractivity contribution in [2.24, 2.45) is 0 Å². The van der Waals surface area contributed by atoms with Gasteiger partial charge in [0.2, 0.25) is 5.91 Å². The van der Waals surface area contributed by atoms with Crippen molar-refractivity contribution in [3.8, 4) is 5.75 Å². The Kier molecular flexibility index (Phi) is 4.59. The number of hydrogen-bond acceptors (Lipinski definition) is 4. The highest BCUT2D eigenvalue weighted by Gasteiger charge is 2.33. The molecule has 2 heterocycles. The van der Waals surface area contributed by atoms with Crippen LogP contribution in [0.15, 0.2) is 53.4 Å². The van der Waals surface area contributed by atoms with Crippen LogP contribution >= 0.6 is 11.8 Å². The number of carbonyl (C=O) groups is 2. The van der Waals surface area contributed by atoms with E-state index in [1.807, 2.05) is 42.1 Å². The van der Waals surface area contributed by atoms with Crippen molar-refractivity contribution in [2.45, 2.75) is 30.4 Å². The second kappa shape index (κ2) is 7.03. The van der Waals surface area contributed by atoms with Crippen LogP contribution in [0.5, 0.6) is 5.75 Å². The maximum absolute atomic E-state index is 12.7. The fourth-order valence-corrected chi connectivity index (χ4v) is 4.52. The Labute approximate surface area is 156 Å². The number of para-hydroxylation sites is 2. The number of nitrogens with zero attached hydrogens (tertiary/aromatic N) is 1. The third-order valence-corrected chi connectivity index (χ3v) is 5.79. The lowest BCUT2D eigenvalue weighted by molar-refractivity contribution is -0.128. The molecule has 1 N–H and O–H groups in total. The molecule has 0 saturated heterocycles. The summed E-state index contributed by atoms with van der Waals surface area (Å²) in [6.45, 7) is 1.70. The third-order valence-electron chi connectivity index (χ3n) is 4.67. The van der Waals surface area contributed by atoms with Crippen LogP contribution < -0.4 is 15.0 Å². The summed E-state index contributed by atoms with van der Waals surface area (Å²) in [4.78, 5) is 28.0. The van der Waals surface area contributed by atoms with E-state index in [1.54, 1.807) is 13.0 Å². The largest absolute Gasteiger partial charge is 0.479 e. The number of amides is 2. The molecule has 0 radical (unpaired) electrons. The van der Waals surface area contributed by atoms with E-state index >= 15 is 0 Å². The number of rotatable bonds is 3. The highest BCUT2D eigenvalue weighted by molar-refractivity contribution is 7.99. The lowest BCUT2D eigenvalue weighted by Gasteiger charge is -2.33. The molecule has 2 unspecified atom stereocenters. The van der Waals surface area contributed by atoms with Crippen LogP contribution in [0, 0.1) is 0 Å². The van der Waals surface area contributed by atoms with Gasteiger partial charge in [0.1, 0.15) is 12.3 Å². The Hall–Kier alpha value is -2.47. The average Bonchev–Trinajstić information content (AvgIpc) is 2.66. The maximum Gasteiger partial charge on any atom is 0.268 e. The average molecular weight is 368 g/mol. The van der Waals surface area contributed by atoms with Gasteiger partial charge in [0.25, 0.3) is 5.91 Å². The summed E-state index contributed by atoms with van der Waals surface area (Å²) in [5, 5.41) is 3.10. The first-order chi connectivity index (χ1) is 12.6. The van der Waals surface area contributed by atoms with Gasteiger partial charge in [0.15, 0.2) is 6.10 Å². The van der Waals surface area contributed by atoms with Gasteiger partial charge in [-0.05, 0) is 37.1 Å². The molecule has 2 aliphatic heterocycles. The van der Waals surface area contributed by atoms with Crippen molar-refractivity contribution in [1.29, 1.82) is 0 Å². The fourth-order valence-electron chi connectivity index (χ4n) is 3.40. The molecule has 0 aromatic heterocycles. The SMILES string of the molecule is CC1Oc2ccccc2N(CC(=O)NC2CCSc3ccccc32)C1=O. The predicted molar refractivity (Wildman–Crippen MR) is 102 cm³/mol. The molecule has 134 valence electrons. The zero-order valence-electron chi connectivity index (χ0n) is 14.5. The number of fused-ring (bicyclic) bond motifs is 2. The summed E-state index contributed by atoms with van der Waals surface area (Å²) in [6, 6.07) is 15.5. The monoisotopic (exact) mass is 368 g/mol. The van der Waals surface area contributed by atoms with E-state index in [2.05, 4.69) is 17.4 Å². The second-order valence-corrected chi connectivity index (χ2v) is 7.58. The van der Waals surface area contributed by atoms with Gasteiger partial charge in [-0.2, -0.15) is 0 Å². The Morgan fingerprint density at radius 2 is 2.00 bits per heavy atom. The van der Waals surface area contributed by atoms with Gasteiger partial charge < -0.3 is 10.1 Å². The van der Waals surface area contributed by atoms with Crippen molar-refractivity contribution >= 4 is 29.3 Å². The van der Waals surface area contributed by atoms with Crippen molar-refractivity contribution < 1.29 is 14.3 Å². The minimum Gasteiger partial charge on any atom is -0.479 e. The molecule has 2 aromatic carbocycles. The van der Waals surface area contributed by atoms with E-state index in [0.29, 0.717) is 11.4 Å². The molecule has 0 fully saturated rings. The van der Waals surface area contributed by atoms with E-state index < -0.39 is 6.10 Å². The lowest BCUT2D eigenvalue weighted by atomic mass is 10.0. The van der Waals surface area contributed by atoms with Crippen LogP contribution in [0.1, 0.15) is 24.9 Å². The Morgan fingerprint density at radius 3 is 2.88 bits per heavy atom. The minimum absolute atomic E-state index is 0.00461. The highest BCUT2D eigenvalue weighted by atomic mass is 32.2. The summed E-state index contributed by atoms with van der Waals surface area (Å²) >= 11 is 1.81. The third kappa shape index (κ3) is 3.17.